The van der Waals surface area contributed by atoms with E-state index in [0.717, 1.165) is 16.7 Å². The Bertz CT molecular complexity index is 3350. The van der Waals surface area contributed by atoms with Gasteiger partial charge in [-0.25, -0.2) is 18.5 Å². The molecule has 3 aromatic rings. The number of allylic oxidation sites excluding steroid dienone is 4. The van der Waals surface area contributed by atoms with Crippen LogP contribution in [0.2, 0.25) is 0 Å². The summed E-state index contributed by atoms with van der Waals surface area (Å²) in [6, 6.07) is 14.2. The summed E-state index contributed by atoms with van der Waals surface area (Å²) < 4.78 is 85.6. The van der Waals surface area contributed by atoms with E-state index in [1.807, 2.05) is 45.9 Å². The Balaban J connectivity index is 1.31. The third-order valence-corrected chi connectivity index (χ3v) is 19.4. The van der Waals surface area contributed by atoms with Crippen LogP contribution in [-0.2, 0) is 75.3 Å². The second-order valence-corrected chi connectivity index (χ2v) is 27.3. The molecule has 6 aliphatic rings. The van der Waals surface area contributed by atoms with Gasteiger partial charge in [0.25, 0.3) is 0 Å². The lowest BCUT2D eigenvalue weighted by atomic mass is 9.45. The van der Waals surface area contributed by atoms with Crippen molar-refractivity contribution in [1.29, 1.82) is 0 Å². The van der Waals surface area contributed by atoms with Gasteiger partial charge in [-0.2, -0.15) is 8.62 Å². The molecule has 0 aromatic heterocycles. The van der Waals surface area contributed by atoms with Gasteiger partial charge in [0.2, 0.25) is 5.91 Å². The third kappa shape index (κ3) is 13.2. The first kappa shape index (κ1) is 63.2. The van der Waals surface area contributed by atoms with Crippen molar-refractivity contribution in [2.75, 3.05) is 0 Å². The average molecular weight is 1210 g/mol. The highest BCUT2D eigenvalue weighted by Crippen LogP contribution is 2.72. The van der Waals surface area contributed by atoms with Crippen molar-refractivity contribution < 1.29 is 94.1 Å². The van der Waals surface area contributed by atoms with Crippen LogP contribution in [0.15, 0.2) is 102 Å². The van der Waals surface area contributed by atoms with Gasteiger partial charge in [0, 0.05) is 35.4 Å². The number of carbonyl (C=O) groups excluding carboxylic acids is 5. The van der Waals surface area contributed by atoms with E-state index in [1.165, 1.54) is 32.9 Å². The molecule has 25 heteroatoms. The number of nitrogens with one attached hydrogen (secondary N) is 2. The number of carbonyl (C=O) groups is 5. The second-order valence-electron chi connectivity index (χ2n) is 22.9. The molecule has 448 valence electrons. The SMILES string of the molecule is CC(C)=CCCC1(C)C=Cc2c(c(CC=C(C)C)c3c(c2OP(=O)(O)OP(=O)(O)OP(=O)(O)O)C(=O)C2C(NC(C)C(=O)OCc4ccccc4)C4CC5C(C)(C)OC(CC=C(C)C(=O)NC(C)C(=O)OCc6ccccc6)(C4=O)C25O3)O1. The zero-order chi connectivity index (χ0) is 60.8. The molecule has 22 nitrogen and oxygen atoms in total. The van der Waals surface area contributed by atoms with Crippen LogP contribution in [-0.4, -0.2) is 89.5 Å². The predicted octanol–water partition coefficient (Wildman–Crippen LogP) is 9.18. The predicted molar refractivity (Wildman–Crippen MR) is 301 cm³/mol. The summed E-state index contributed by atoms with van der Waals surface area (Å²) in [6.45, 7) is 17.0. The number of hydrogen-bond acceptors (Lipinski definition) is 17. The number of phosphoric ester groups is 1. The quantitative estimate of drug-likeness (QED) is 0.0223. The van der Waals surface area contributed by atoms with Crippen molar-refractivity contribution in [2.45, 2.75) is 155 Å². The molecule has 0 radical (unpaired) electrons. The summed E-state index contributed by atoms with van der Waals surface area (Å²) >= 11 is 0. The number of Topliss-reactive ketones (excluding diaryl/α,β-unsaturated/α-hetero) is 2. The van der Waals surface area contributed by atoms with E-state index in [0.29, 0.717) is 18.4 Å². The molecule has 3 aliphatic carbocycles. The normalized spacial score (nSPS) is 26.7. The number of rotatable bonds is 23. The first-order valence-electron chi connectivity index (χ1n) is 27.1. The van der Waals surface area contributed by atoms with Crippen molar-refractivity contribution in [2.24, 2.45) is 17.8 Å². The minimum absolute atomic E-state index is 0.0340. The first-order valence-corrected chi connectivity index (χ1v) is 31.6. The van der Waals surface area contributed by atoms with Crippen molar-refractivity contribution in [3.05, 3.63) is 130 Å². The van der Waals surface area contributed by atoms with Gasteiger partial charge in [-0.1, -0.05) is 90.0 Å². The molecule has 11 unspecified atom stereocenters. The highest BCUT2D eigenvalue weighted by molar-refractivity contribution is 7.66. The van der Waals surface area contributed by atoms with Crippen LogP contribution in [0, 0.1) is 17.8 Å². The summed E-state index contributed by atoms with van der Waals surface area (Å²) in [7, 11) is -18.1. The lowest BCUT2D eigenvalue weighted by Gasteiger charge is -2.63. The number of phosphoric acid groups is 3. The van der Waals surface area contributed by atoms with Crippen LogP contribution in [0.1, 0.15) is 128 Å². The molecular formula is C58H71N2O20P3. The Morgan fingerprint density at radius 3 is 1.94 bits per heavy atom. The Hall–Kier alpha value is -5.86. The number of amides is 1. The topological polar surface area (TPSA) is 315 Å². The van der Waals surface area contributed by atoms with E-state index in [2.05, 4.69) is 19.3 Å². The maximum Gasteiger partial charge on any atom is 0.536 e. The monoisotopic (exact) mass is 1210 g/mol. The smallest absolute Gasteiger partial charge is 0.482 e. The van der Waals surface area contributed by atoms with Crippen LogP contribution in [0.25, 0.3) is 6.08 Å². The maximum atomic E-state index is 16.6. The molecule has 83 heavy (non-hydrogen) atoms. The van der Waals surface area contributed by atoms with Gasteiger partial charge in [0.1, 0.15) is 48.0 Å². The van der Waals surface area contributed by atoms with Crippen LogP contribution < -0.4 is 24.6 Å². The minimum Gasteiger partial charge on any atom is -0.482 e. The molecule has 4 bridgehead atoms. The van der Waals surface area contributed by atoms with Gasteiger partial charge in [-0.15, -0.1) is 0 Å². The van der Waals surface area contributed by atoms with Crippen LogP contribution >= 0.6 is 23.5 Å². The Labute approximate surface area is 481 Å². The first-order chi connectivity index (χ1) is 38.7. The highest BCUT2D eigenvalue weighted by atomic mass is 31.3. The van der Waals surface area contributed by atoms with E-state index in [-0.39, 0.29) is 60.7 Å². The zero-order valence-electron chi connectivity index (χ0n) is 47.7. The molecule has 3 saturated carbocycles. The Kier molecular flexibility index (Phi) is 18.2. The molecule has 4 fully saturated rings. The summed E-state index contributed by atoms with van der Waals surface area (Å²) in [6.07, 6.45) is 8.87. The van der Waals surface area contributed by atoms with Crippen LogP contribution in [0.5, 0.6) is 17.2 Å². The molecule has 1 spiro atoms. The molecular weight excluding hydrogens is 1140 g/mol. The fourth-order valence-corrected chi connectivity index (χ4v) is 15.0. The average Bonchev–Trinajstić information content (AvgIpc) is 1.79. The number of ether oxygens (including phenoxy) is 5. The second kappa shape index (κ2) is 23.9. The minimum atomic E-state index is -6.15. The summed E-state index contributed by atoms with van der Waals surface area (Å²) in [4.78, 5) is 114. The number of esters is 2. The fraction of sp³-hybridized carbons (Fsp3) is 0.466. The van der Waals surface area contributed by atoms with E-state index in [4.69, 9.17) is 28.2 Å². The van der Waals surface area contributed by atoms with Gasteiger partial charge >= 0.3 is 35.4 Å². The maximum absolute atomic E-state index is 16.6. The molecule has 3 heterocycles. The van der Waals surface area contributed by atoms with Crippen molar-refractivity contribution in [3.8, 4) is 17.2 Å². The third-order valence-electron chi connectivity index (χ3n) is 15.7. The number of hydrogen-bond donors (Lipinski definition) is 6. The van der Waals surface area contributed by atoms with Crippen LogP contribution in [0.4, 0.5) is 0 Å². The fourth-order valence-electron chi connectivity index (χ4n) is 11.9. The highest BCUT2D eigenvalue weighted by Gasteiger charge is 2.85. The standard InChI is InChI=1S/C58H71N2O20P3/c1-33(2)18-17-27-56(10)28-26-41-48(75-56)40(24-23-34(3)4)49-44(50(41)77-82(69,70)80-83(71,72)79-81(66,67)68)47(61)45-46(59-36(6)53(64)73-31-38-19-13-11-14-20-38)42-30-43-55(8,9)78-57(51(42)62,58(43,45)76-49)29-25-35(5)52(63)60-37(7)54(65)74-32-39-21-15-12-16-22-39/h11-16,18-23,25-26,28,36-37,42-43,45-46,59H,17,24,27,29-32H2,1-10H3,(H,60,63)(H,69,70)(H,71,72)(H2,66,67,68). The number of benzene rings is 3. The van der Waals surface area contributed by atoms with E-state index < -0.39 is 122 Å². The lowest BCUT2D eigenvalue weighted by molar-refractivity contribution is -0.206. The van der Waals surface area contributed by atoms with E-state index >= 15 is 9.59 Å². The largest absolute Gasteiger partial charge is 0.536 e. The van der Waals surface area contributed by atoms with Gasteiger partial charge in [-0.05, 0) is 118 Å². The molecule has 1 amide bonds. The van der Waals surface area contributed by atoms with Gasteiger partial charge in [0.15, 0.2) is 28.5 Å². The Morgan fingerprint density at radius 2 is 1.36 bits per heavy atom. The Morgan fingerprint density at radius 1 is 0.771 bits per heavy atom. The number of fused-ring (bicyclic) bond motifs is 2. The molecule has 3 aromatic carbocycles. The van der Waals surface area contributed by atoms with Crippen molar-refractivity contribution in [3.63, 3.8) is 0 Å². The molecule has 1 saturated heterocycles. The zero-order valence-corrected chi connectivity index (χ0v) is 50.4. The lowest BCUT2D eigenvalue weighted by Crippen LogP contribution is -2.82. The molecule has 11 atom stereocenters. The van der Waals surface area contributed by atoms with E-state index in [9.17, 15) is 47.7 Å². The molecule has 3 aliphatic heterocycles. The summed E-state index contributed by atoms with van der Waals surface area (Å²) in [5.74, 6) is -8.27. The van der Waals surface area contributed by atoms with Gasteiger partial charge in [0.05, 0.1) is 17.1 Å². The summed E-state index contributed by atoms with van der Waals surface area (Å²) in [5.41, 5.74) is -3.80. The van der Waals surface area contributed by atoms with Crippen molar-refractivity contribution in [1.82, 2.24) is 10.6 Å². The molecule has 9 rings (SSSR count). The molecule has 6 N–H and O–H groups in total. The van der Waals surface area contributed by atoms with Crippen molar-refractivity contribution >= 4 is 59.0 Å². The van der Waals surface area contributed by atoms with Gasteiger partial charge in [-0.3, -0.25) is 24.1 Å². The number of ketones is 2. The van der Waals surface area contributed by atoms with Crippen LogP contribution in [0.3, 0.4) is 0 Å². The van der Waals surface area contributed by atoms with E-state index in [1.54, 1.807) is 81.4 Å². The summed E-state index contributed by atoms with van der Waals surface area (Å²) in [5, 5.41) is 5.89. The van der Waals surface area contributed by atoms with Gasteiger partial charge < -0.3 is 53.5 Å².